The first-order valence-electron chi connectivity index (χ1n) is 20.5. The zero-order valence-electron chi connectivity index (χ0n) is 31.9. The molecule has 0 unspecified atom stereocenters. The van der Waals surface area contributed by atoms with Gasteiger partial charge in [-0.2, -0.15) is 0 Å². The Hall–Kier alpha value is -7.76. The first kappa shape index (κ1) is 31.3. The van der Waals surface area contributed by atoms with Gasteiger partial charge in [0.1, 0.15) is 0 Å². The van der Waals surface area contributed by atoms with Crippen LogP contribution in [0, 0.1) is 0 Å². The molecule has 59 heavy (non-hydrogen) atoms. The van der Waals surface area contributed by atoms with Gasteiger partial charge in [-0.3, -0.25) is 0 Å². The fourth-order valence-electron chi connectivity index (χ4n) is 10.9. The summed E-state index contributed by atoms with van der Waals surface area (Å²) in [6, 6.07) is 74.1. The van der Waals surface area contributed by atoms with Crippen LogP contribution < -0.4 is 26.2 Å². The summed E-state index contributed by atoms with van der Waals surface area (Å²) >= 11 is 0. The van der Waals surface area contributed by atoms with E-state index in [4.69, 9.17) is 0 Å². The third kappa shape index (κ3) is 4.04. The molecule has 0 amide bonds. The van der Waals surface area contributed by atoms with Crippen molar-refractivity contribution in [3.63, 3.8) is 0 Å². The molecular formula is C54H33BN4. The number of hydrogen-bond acceptors (Lipinski definition) is 2. The van der Waals surface area contributed by atoms with Gasteiger partial charge in [0.25, 0.3) is 6.71 Å². The summed E-state index contributed by atoms with van der Waals surface area (Å²) in [6.07, 6.45) is 0. The van der Waals surface area contributed by atoms with Gasteiger partial charge in [-0.05, 0) is 89.2 Å². The molecule has 2 aliphatic heterocycles. The Morgan fingerprint density at radius 3 is 1.71 bits per heavy atom. The highest BCUT2D eigenvalue weighted by molar-refractivity contribution is 7.00. The lowest BCUT2D eigenvalue weighted by molar-refractivity contribution is 1.16. The van der Waals surface area contributed by atoms with Crippen molar-refractivity contribution in [2.75, 3.05) is 9.80 Å². The fourth-order valence-corrected chi connectivity index (χ4v) is 10.9. The Labute approximate surface area is 340 Å². The number of para-hydroxylation sites is 7. The van der Waals surface area contributed by atoms with Gasteiger partial charge < -0.3 is 18.8 Å². The molecule has 4 nitrogen and oxygen atoms in total. The van der Waals surface area contributed by atoms with Crippen molar-refractivity contribution in [2.24, 2.45) is 0 Å². The molecule has 3 aromatic heterocycles. The maximum Gasteiger partial charge on any atom is 0.252 e. The molecule has 0 N–H and O–H groups in total. The lowest BCUT2D eigenvalue weighted by Crippen LogP contribution is -2.60. The van der Waals surface area contributed by atoms with E-state index < -0.39 is 0 Å². The number of benzene rings is 9. The number of hydrogen-bond donors (Lipinski definition) is 0. The predicted molar refractivity (Wildman–Crippen MR) is 249 cm³/mol. The van der Waals surface area contributed by atoms with Crippen molar-refractivity contribution in [3.8, 4) is 5.69 Å². The second-order valence-corrected chi connectivity index (χ2v) is 16.1. The molecule has 9 aromatic carbocycles. The summed E-state index contributed by atoms with van der Waals surface area (Å²) in [7, 11) is 0. The molecule has 5 heteroatoms. The van der Waals surface area contributed by atoms with Crippen LogP contribution in [0.15, 0.2) is 200 Å². The highest BCUT2D eigenvalue weighted by Gasteiger charge is 2.42. The van der Waals surface area contributed by atoms with Gasteiger partial charge in [-0.25, -0.2) is 0 Å². The van der Waals surface area contributed by atoms with Crippen LogP contribution in [-0.2, 0) is 0 Å². The highest BCUT2D eigenvalue weighted by atomic mass is 15.2. The van der Waals surface area contributed by atoms with Crippen LogP contribution in [0.1, 0.15) is 0 Å². The second kappa shape index (κ2) is 11.4. The SMILES string of the molecule is c1ccc(N(c2ccccc2)c2cc3c4c(c2)-n2c5cc6c(cc5c5cccc(c52)B4c2ccccc2N3c2ccccc2)c2cccc3c4ccccc4n6c32)cc1. The van der Waals surface area contributed by atoms with E-state index in [0.717, 1.165) is 22.7 Å². The molecule has 0 spiro atoms. The normalized spacial score (nSPS) is 13.0. The van der Waals surface area contributed by atoms with Crippen molar-refractivity contribution in [1.29, 1.82) is 0 Å². The van der Waals surface area contributed by atoms with E-state index in [9.17, 15) is 0 Å². The number of nitrogens with zero attached hydrogens (tertiary/aromatic N) is 4. The van der Waals surface area contributed by atoms with E-state index >= 15 is 0 Å². The number of aromatic nitrogens is 2. The Bertz CT molecular complexity index is 3640. The van der Waals surface area contributed by atoms with Crippen LogP contribution in [0.4, 0.5) is 34.1 Å². The molecule has 2 aliphatic rings. The van der Waals surface area contributed by atoms with Crippen LogP contribution in [0.3, 0.4) is 0 Å². The first-order chi connectivity index (χ1) is 29.3. The van der Waals surface area contributed by atoms with Crippen molar-refractivity contribution in [3.05, 3.63) is 200 Å². The average Bonchev–Trinajstić information content (AvgIpc) is 3.93. The molecule has 0 radical (unpaired) electrons. The summed E-state index contributed by atoms with van der Waals surface area (Å²) in [5.41, 5.74) is 18.4. The van der Waals surface area contributed by atoms with E-state index in [1.165, 1.54) is 93.4 Å². The van der Waals surface area contributed by atoms with Gasteiger partial charge in [0.05, 0.1) is 27.8 Å². The maximum atomic E-state index is 2.61. The number of anilines is 6. The Balaban J connectivity index is 1.17. The van der Waals surface area contributed by atoms with E-state index in [1.807, 2.05) is 0 Å². The molecule has 0 saturated carbocycles. The van der Waals surface area contributed by atoms with Crippen LogP contribution in [-0.4, -0.2) is 15.7 Å². The minimum Gasteiger partial charge on any atom is -0.311 e. The van der Waals surface area contributed by atoms with E-state index in [2.05, 4.69) is 219 Å². The summed E-state index contributed by atoms with van der Waals surface area (Å²) in [5, 5.41) is 7.77. The lowest BCUT2D eigenvalue weighted by Gasteiger charge is -2.41. The largest absolute Gasteiger partial charge is 0.311 e. The Morgan fingerprint density at radius 2 is 0.932 bits per heavy atom. The molecule has 5 heterocycles. The summed E-state index contributed by atoms with van der Waals surface area (Å²) in [5.74, 6) is 0. The van der Waals surface area contributed by atoms with E-state index in [1.54, 1.807) is 0 Å². The Morgan fingerprint density at radius 1 is 0.356 bits per heavy atom. The molecule has 0 fully saturated rings. The number of rotatable bonds is 4. The Kier molecular flexibility index (Phi) is 6.07. The van der Waals surface area contributed by atoms with Gasteiger partial charge >= 0.3 is 0 Å². The first-order valence-corrected chi connectivity index (χ1v) is 20.5. The van der Waals surface area contributed by atoms with Crippen LogP contribution in [0.5, 0.6) is 0 Å². The van der Waals surface area contributed by atoms with Crippen molar-refractivity contribution < 1.29 is 0 Å². The monoisotopic (exact) mass is 748 g/mol. The zero-order chi connectivity index (χ0) is 38.3. The van der Waals surface area contributed by atoms with Crippen LogP contribution >= 0.6 is 0 Å². The topological polar surface area (TPSA) is 15.8 Å². The summed E-state index contributed by atoms with van der Waals surface area (Å²) < 4.78 is 5.12. The van der Waals surface area contributed by atoms with Gasteiger partial charge in [0.15, 0.2) is 0 Å². The average molecular weight is 749 g/mol. The van der Waals surface area contributed by atoms with E-state index in [-0.39, 0.29) is 6.71 Å². The maximum absolute atomic E-state index is 2.61. The van der Waals surface area contributed by atoms with Gasteiger partial charge in [0, 0.05) is 72.0 Å². The number of fused-ring (bicyclic) bond motifs is 13. The lowest BCUT2D eigenvalue weighted by atomic mass is 9.34. The molecule has 12 aromatic rings. The van der Waals surface area contributed by atoms with Gasteiger partial charge in [0.2, 0.25) is 0 Å². The van der Waals surface area contributed by atoms with Crippen molar-refractivity contribution in [2.45, 2.75) is 0 Å². The smallest absolute Gasteiger partial charge is 0.252 e. The molecule has 0 aliphatic carbocycles. The zero-order valence-corrected chi connectivity index (χ0v) is 31.9. The third-order valence-corrected chi connectivity index (χ3v) is 13.2. The van der Waals surface area contributed by atoms with Crippen molar-refractivity contribution in [1.82, 2.24) is 8.97 Å². The second-order valence-electron chi connectivity index (χ2n) is 16.1. The highest BCUT2D eigenvalue weighted by Crippen LogP contribution is 2.47. The predicted octanol–water partition coefficient (Wildman–Crippen LogP) is 12.0. The summed E-state index contributed by atoms with van der Waals surface area (Å²) in [4.78, 5) is 4.91. The molecular weight excluding hydrogens is 715 g/mol. The standard InChI is InChI=1S/C54H33BN4/c1-4-16-34(17-5-1)56(35-18-6-2-7-19-35)37-30-50-52-51(31-37)59-49-33-48-42(40-24-14-23-39-38-22-10-12-28-46(38)58(48)53(39)40)32-43(49)41-25-15-27-45(54(41)59)55(52)44-26-11-13-29-47(44)57(50)36-20-8-3-9-21-36/h1-33H. The fraction of sp³-hybridized carbons (Fsp3) is 0. The summed E-state index contributed by atoms with van der Waals surface area (Å²) in [6.45, 7) is 0.0493. The van der Waals surface area contributed by atoms with Crippen molar-refractivity contribution >= 4 is 117 Å². The molecule has 272 valence electrons. The molecule has 0 saturated heterocycles. The van der Waals surface area contributed by atoms with Gasteiger partial charge in [-0.15, -0.1) is 0 Å². The third-order valence-electron chi connectivity index (χ3n) is 13.2. The molecule has 0 atom stereocenters. The minimum atomic E-state index is 0.0493. The van der Waals surface area contributed by atoms with E-state index in [0.29, 0.717) is 0 Å². The molecule has 14 rings (SSSR count). The minimum absolute atomic E-state index is 0.0493. The van der Waals surface area contributed by atoms with Crippen LogP contribution in [0.2, 0.25) is 0 Å². The van der Waals surface area contributed by atoms with Gasteiger partial charge in [-0.1, -0.05) is 127 Å². The van der Waals surface area contributed by atoms with Crippen LogP contribution in [0.25, 0.3) is 65.6 Å². The molecule has 0 bridgehead atoms. The quantitative estimate of drug-likeness (QED) is 0.167.